The molecule has 17 heavy (non-hydrogen) atoms. The number of benzene rings is 1. The zero-order valence-electron chi connectivity index (χ0n) is 9.01. The quantitative estimate of drug-likeness (QED) is 0.612. The van der Waals surface area contributed by atoms with Crippen LogP contribution in [-0.2, 0) is 10.3 Å². The molecule has 7 heteroatoms. The lowest BCUT2D eigenvalue weighted by Gasteiger charge is -2.23. The van der Waals surface area contributed by atoms with Crippen LogP contribution < -0.4 is 5.73 Å². The van der Waals surface area contributed by atoms with E-state index >= 15 is 0 Å². The van der Waals surface area contributed by atoms with Gasteiger partial charge in [-0.05, 0) is 13.0 Å². The minimum absolute atomic E-state index is 0.186. The third-order valence-corrected chi connectivity index (χ3v) is 2.29. The summed E-state index contributed by atoms with van der Waals surface area (Å²) < 4.78 is 13.5. The van der Waals surface area contributed by atoms with Crippen LogP contribution in [0, 0.1) is 15.9 Å². The Bertz CT molecular complexity index is 473. The lowest BCUT2D eigenvalue weighted by molar-refractivity contribution is -0.385. The zero-order valence-corrected chi connectivity index (χ0v) is 9.01. The molecule has 0 aliphatic carbocycles. The van der Waals surface area contributed by atoms with Gasteiger partial charge >= 0.3 is 5.97 Å². The van der Waals surface area contributed by atoms with Gasteiger partial charge in [-0.25, -0.2) is 4.39 Å². The molecule has 0 aliphatic heterocycles. The van der Waals surface area contributed by atoms with Crippen molar-refractivity contribution in [1.29, 1.82) is 0 Å². The molecule has 6 nitrogen and oxygen atoms in total. The number of aliphatic carboxylic acids is 1. The fourth-order valence-electron chi connectivity index (χ4n) is 1.47. The highest BCUT2D eigenvalue weighted by molar-refractivity contribution is 5.69. The van der Waals surface area contributed by atoms with Gasteiger partial charge in [-0.15, -0.1) is 0 Å². The van der Waals surface area contributed by atoms with E-state index in [1.807, 2.05) is 0 Å². The number of nitro benzene ring substituents is 1. The topological polar surface area (TPSA) is 106 Å². The molecule has 0 heterocycles. The number of carbonyl (C=O) groups is 1. The van der Waals surface area contributed by atoms with Crippen LogP contribution in [0.15, 0.2) is 18.2 Å². The summed E-state index contributed by atoms with van der Waals surface area (Å²) in [6.07, 6.45) is -0.523. The standard InChI is InChI=1S/C10H11FN2O4/c1-10(12,5-9(14)15)7-4-6(13(16)17)2-3-8(7)11/h2-4H,5,12H2,1H3,(H,14,15)/t10-/m0/s1. The molecule has 1 aromatic rings. The monoisotopic (exact) mass is 242 g/mol. The Morgan fingerprint density at radius 1 is 1.65 bits per heavy atom. The average molecular weight is 242 g/mol. The van der Waals surface area contributed by atoms with Crippen LogP contribution in [0.4, 0.5) is 10.1 Å². The predicted molar refractivity (Wildman–Crippen MR) is 56.8 cm³/mol. The molecule has 0 aromatic heterocycles. The molecular weight excluding hydrogens is 231 g/mol. The first-order valence-corrected chi connectivity index (χ1v) is 4.69. The van der Waals surface area contributed by atoms with Crippen molar-refractivity contribution in [3.05, 3.63) is 39.7 Å². The van der Waals surface area contributed by atoms with E-state index < -0.39 is 28.7 Å². The lowest BCUT2D eigenvalue weighted by Crippen LogP contribution is -2.36. The van der Waals surface area contributed by atoms with E-state index in [4.69, 9.17) is 10.8 Å². The van der Waals surface area contributed by atoms with Crippen LogP contribution in [0.25, 0.3) is 0 Å². The molecule has 0 radical (unpaired) electrons. The first-order valence-electron chi connectivity index (χ1n) is 4.69. The SMILES string of the molecule is C[C@](N)(CC(=O)O)c1cc([N+](=O)[O-])ccc1F. The summed E-state index contributed by atoms with van der Waals surface area (Å²) in [4.78, 5) is 20.4. The molecule has 0 fully saturated rings. The van der Waals surface area contributed by atoms with Gasteiger partial charge in [0.1, 0.15) is 5.82 Å². The number of nitro groups is 1. The van der Waals surface area contributed by atoms with E-state index in [1.54, 1.807) is 0 Å². The van der Waals surface area contributed by atoms with Crippen molar-refractivity contribution in [2.45, 2.75) is 18.9 Å². The summed E-state index contributed by atoms with van der Waals surface area (Å²) in [5, 5.41) is 19.2. The van der Waals surface area contributed by atoms with Gasteiger partial charge in [0.05, 0.1) is 16.9 Å². The van der Waals surface area contributed by atoms with E-state index in [1.165, 1.54) is 6.92 Å². The van der Waals surface area contributed by atoms with Gasteiger partial charge in [-0.2, -0.15) is 0 Å². The number of hydrogen-bond donors (Lipinski definition) is 2. The summed E-state index contributed by atoms with van der Waals surface area (Å²) in [5.41, 5.74) is 3.65. The second-order valence-electron chi connectivity index (χ2n) is 3.91. The Kier molecular flexibility index (Phi) is 3.42. The van der Waals surface area contributed by atoms with E-state index in [9.17, 15) is 19.3 Å². The molecule has 0 unspecified atom stereocenters. The minimum atomic E-state index is -1.50. The molecule has 1 atom stereocenters. The van der Waals surface area contributed by atoms with Gasteiger partial charge in [0, 0.05) is 17.7 Å². The Hall–Kier alpha value is -2.02. The number of halogens is 1. The second kappa shape index (κ2) is 4.46. The van der Waals surface area contributed by atoms with E-state index in [-0.39, 0.29) is 11.3 Å². The van der Waals surface area contributed by atoms with Crippen molar-refractivity contribution in [2.24, 2.45) is 5.73 Å². The molecule has 0 saturated heterocycles. The number of hydrogen-bond acceptors (Lipinski definition) is 4. The Balaban J connectivity index is 3.24. The van der Waals surface area contributed by atoms with Crippen molar-refractivity contribution >= 4 is 11.7 Å². The van der Waals surface area contributed by atoms with E-state index in [2.05, 4.69) is 0 Å². The summed E-state index contributed by atoms with van der Waals surface area (Å²) >= 11 is 0. The Morgan fingerprint density at radius 3 is 2.71 bits per heavy atom. The molecule has 1 aromatic carbocycles. The highest BCUT2D eigenvalue weighted by Crippen LogP contribution is 2.27. The number of non-ortho nitro benzene ring substituents is 1. The summed E-state index contributed by atoms with van der Waals surface area (Å²) in [6, 6.07) is 2.86. The maximum absolute atomic E-state index is 13.5. The molecule has 1 rings (SSSR count). The highest BCUT2D eigenvalue weighted by atomic mass is 19.1. The van der Waals surface area contributed by atoms with Crippen molar-refractivity contribution in [3.63, 3.8) is 0 Å². The zero-order chi connectivity index (χ0) is 13.2. The largest absolute Gasteiger partial charge is 0.481 e. The Morgan fingerprint density at radius 2 is 2.24 bits per heavy atom. The number of nitrogens with two attached hydrogens (primary N) is 1. The molecular formula is C10H11FN2O4. The summed E-state index contributed by atoms with van der Waals surface area (Å²) in [7, 11) is 0. The van der Waals surface area contributed by atoms with Gasteiger partial charge in [-0.3, -0.25) is 14.9 Å². The van der Waals surface area contributed by atoms with Crippen LogP contribution in [0.3, 0.4) is 0 Å². The number of carboxylic acid groups (broad SMARTS) is 1. The van der Waals surface area contributed by atoms with Gasteiger partial charge in [0.25, 0.3) is 5.69 Å². The molecule has 0 saturated carbocycles. The van der Waals surface area contributed by atoms with Crippen molar-refractivity contribution < 1.29 is 19.2 Å². The molecule has 0 amide bonds. The lowest BCUT2D eigenvalue weighted by atomic mass is 9.89. The third kappa shape index (κ3) is 2.97. The van der Waals surface area contributed by atoms with Crippen LogP contribution in [0.2, 0.25) is 0 Å². The first kappa shape index (κ1) is 13.0. The molecule has 92 valence electrons. The van der Waals surface area contributed by atoms with Crippen molar-refractivity contribution in [2.75, 3.05) is 0 Å². The summed E-state index contributed by atoms with van der Waals surface area (Å²) in [5.74, 6) is -1.97. The average Bonchev–Trinajstić information content (AvgIpc) is 2.15. The maximum Gasteiger partial charge on any atom is 0.305 e. The fourth-order valence-corrected chi connectivity index (χ4v) is 1.47. The Labute approximate surface area is 96.0 Å². The maximum atomic E-state index is 13.5. The minimum Gasteiger partial charge on any atom is -0.481 e. The smallest absolute Gasteiger partial charge is 0.305 e. The predicted octanol–water partition coefficient (Wildman–Crippen LogP) is 1.38. The summed E-state index contributed by atoms with van der Waals surface area (Å²) in [6.45, 7) is 1.31. The van der Waals surface area contributed by atoms with E-state index in [0.29, 0.717) is 0 Å². The van der Waals surface area contributed by atoms with Gasteiger partial charge < -0.3 is 10.8 Å². The first-order chi connectivity index (χ1) is 7.74. The normalized spacial score (nSPS) is 14.1. The van der Waals surface area contributed by atoms with Crippen LogP contribution in [0.5, 0.6) is 0 Å². The van der Waals surface area contributed by atoms with Crippen molar-refractivity contribution in [1.82, 2.24) is 0 Å². The van der Waals surface area contributed by atoms with Gasteiger partial charge in [-0.1, -0.05) is 0 Å². The number of nitrogens with zero attached hydrogens (tertiary/aromatic N) is 1. The van der Waals surface area contributed by atoms with Crippen LogP contribution in [0.1, 0.15) is 18.9 Å². The fraction of sp³-hybridized carbons (Fsp3) is 0.300. The van der Waals surface area contributed by atoms with Gasteiger partial charge in [0.15, 0.2) is 0 Å². The van der Waals surface area contributed by atoms with Crippen molar-refractivity contribution in [3.8, 4) is 0 Å². The molecule has 0 spiro atoms. The molecule has 0 bridgehead atoms. The third-order valence-electron chi connectivity index (χ3n) is 2.29. The second-order valence-corrected chi connectivity index (χ2v) is 3.91. The molecule has 3 N–H and O–H groups in total. The van der Waals surface area contributed by atoms with Gasteiger partial charge in [0.2, 0.25) is 0 Å². The highest BCUT2D eigenvalue weighted by Gasteiger charge is 2.29. The number of rotatable bonds is 4. The molecule has 0 aliphatic rings. The number of carboxylic acids is 1. The van der Waals surface area contributed by atoms with Crippen LogP contribution in [-0.4, -0.2) is 16.0 Å². The van der Waals surface area contributed by atoms with Crippen LogP contribution >= 0.6 is 0 Å². The van der Waals surface area contributed by atoms with E-state index in [0.717, 1.165) is 18.2 Å².